The molecule has 0 radical (unpaired) electrons. The van der Waals surface area contributed by atoms with E-state index < -0.39 is 21.1 Å². The van der Waals surface area contributed by atoms with Crippen molar-refractivity contribution in [3.8, 4) is 0 Å². The van der Waals surface area contributed by atoms with E-state index in [1.54, 1.807) is 13.8 Å². The van der Waals surface area contributed by atoms with E-state index in [1.807, 2.05) is 0 Å². The Labute approximate surface area is 124 Å². The molecular formula is C14H19NO5S. The molecule has 0 saturated carbocycles. The van der Waals surface area contributed by atoms with E-state index in [-0.39, 0.29) is 23.6 Å². The molecule has 0 saturated heterocycles. The Morgan fingerprint density at radius 2 is 1.71 bits per heavy atom. The molecule has 1 amide bonds. The third-order valence-corrected chi connectivity index (χ3v) is 5.04. The fraction of sp³-hybridized carbons (Fsp3) is 0.429. The van der Waals surface area contributed by atoms with E-state index >= 15 is 0 Å². The van der Waals surface area contributed by atoms with E-state index in [4.69, 9.17) is 0 Å². The minimum atomic E-state index is -3.32. The first-order valence-corrected chi connectivity index (χ1v) is 8.02. The first kappa shape index (κ1) is 17.2. The fourth-order valence-electron chi connectivity index (χ4n) is 1.54. The van der Waals surface area contributed by atoms with Crippen molar-refractivity contribution in [2.75, 3.05) is 12.4 Å². The Morgan fingerprint density at radius 3 is 2.19 bits per heavy atom. The Balaban J connectivity index is 2.67. The van der Waals surface area contributed by atoms with Crippen LogP contribution < -0.4 is 5.32 Å². The van der Waals surface area contributed by atoms with Crippen LogP contribution >= 0.6 is 0 Å². The molecule has 0 heterocycles. The van der Waals surface area contributed by atoms with Gasteiger partial charge in [-0.2, -0.15) is 0 Å². The Morgan fingerprint density at radius 1 is 1.14 bits per heavy atom. The average molecular weight is 313 g/mol. The topological polar surface area (TPSA) is 89.5 Å². The summed E-state index contributed by atoms with van der Waals surface area (Å²) in [6.45, 7) is 3.22. The van der Waals surface area contributed by atoms with Gasteiger partial charge >= 0.3 is 5.97 Å². The molecular weight excluding hydrogens is 294 g/mol. The van der Waals surface area contributed by atoms with Gasteiger partial charge in [0.25, 0.3) is 0 Å². The summed E-state index contributed by atoms with van der Waals surface area (Å²) in [5.74, 6) is -0.789. The predicted molar refractivity (Wildman–Crippen MR) is 78.6 cm³/mol. The molecule has 1 aromatic rings. The number of methoxy groups -OCH3 is 1. The molecule has 6 nitrogen and oxygen atoms in total. The van der Waals surface area contributed by atoms with Gasteiger partial charge < -0.3 is 10.1 Å². The van der Waals surface area contributed by atoms with Crippen molar-refractivity contribution >= 4 is 27.4 Å². The van der Waals surface area contributed by atoms with Crippen LogP contribution in [0.4, 0.5) is 5.69 Å². The molecule has 0 unspecified atom stereocenters. The number of esters is 1. The van der Waals surface area contributed by atoms with Crippen molar-refractivity contribution in [1.29, 1.82) is 0 Å². The summed E-state index contributed by atoms with van der Waals surface area (Å²) in [7, 11) is -2.06. The monoisotopic (exact) mass is 313 g/mol. The standard InChI is InChI=1S/C14H19NO5S/c1-10(2)21(18,19)12-6-4-11(5-7-12)15-13(16)8-9-14(17)20-3/h4-7,10H,8-9H2,1-3H3,(H,15,16). The highest BCUT2D eigenvalue weighted by Gasteiger charge is 2.18. The highest BCUT2D eigenvalue weighted by molar-refractivity contribution is 7.92. The molecule has 116 valence electrons. The molecule has 0 aliphatic carbocycles. The summed E-state index contributed by atoms with van der Waals surface area (Å²) in [6.07, 6.45) is 0.0147. The number of anilines is 1. The summed E-state index contributed by atoms with van der Waals surface area (Å²) >= 11 is 0. The number of hydrogen-bond donors (Lipinski definition) is 1. The van der Waals surface area contributed by atoms with E-state index in [0.717, 1.165) is 0 Å². The van der Waals surface area contributed by atoms with Gasteiger partial charge in [-0.25, -0.2) is 8.42 Å². The molecule has 1 N–H and O–H groups in total. The number of carbonyl (C=O) groups is 2. The third kappa shape index (κ3) is 4.86. The predicted octanol–water partition coefficient (Wildman–Crippen LogP) is 1.76. The normalized spacial score (nSPS) is 11.2. The number of amides is 1. The van der Waals surface area contributed by atoms with Crippen molar-refractivity contribution in [3.05, 3.63) is 24.3 Å². The van der Waals surface area contributed by atoms with Crippen LogP contribution in [-0.2, 0) is 24.2 Å². The summed E-state index contributed by atoms with van der Waals surface area (Å²) in [6, 6.07) is 5.94. The second-order valence-corrected chi connectivity index (χ2v) is 7.25. The number of benzene rings is 1. The molecule has 0 bridgehead atoms. The lowest BCUT2D eigenvalue weighted by Crippen LogP contribution is -2.15. The van der Waals surface area contributed by atoms with Crippen molar-refractivity contribution in [1.82, 2.24) is 0 Å². The molecule has 21 heavy (non-hydrogen) atoms. The zero-order valence-corrected chi connectivity index (χ0v) is 13.1. The van der Waals surface area contributed by atoms with Gasteiger partial charge in [-0.3, -0.25) is 9.59 Å². The first-order chi connectivity index (χ1) is 9.77. The maximum absolute atomic E-state index is 11.9. The van der Waals surface area contributed by atoms with Gasteiger partial charge in [-0.1, -0.05) is 0 Å². The Kier molecular flexibility index (Phi) is 5.90. The quantitative estimate of drug-likeness (QED) is 0.808. The molecule has 0 fully saturated rings. The number of hydrogen-bond acceptors (Lipinski definition) is 5. The Hall–Kier alpha value is -1.89. The minimum Gasteiger partial charge on any atom is -0.469 e. The number of ether oxygens (including phenoxy) is 1. The van der Waals surface area contributed by atoms with E-state index in [2.05, 4.69) is 10.1 Å². The van der Waals surface area contributed by atoms with Gasteiger partial charge in [0, 0.05) is 12.1 Å². The average Bonchev–Trinajstić information content (AvgIpc) is 2.45. The van der Waals surface area contributed by atoms with Gasteiger partial charge in [-0.05, 0) is 38.1 Å². The molecule has 0 spiro atoms. The molecule has 0 atom stereocenters. The van der Waals surface area contributed by atoms with Crippen LogP contribution in [0.1, 0.15) is 26.7 Å². The lowest BCUT2D eigenvalue weighted by molar-refractivity contribution is -0.141. The van der Waals surface area contributed by atoms with Gasteiger partial charge in [0.05, 0.1) is 23.7 Å². The third-order valence-electron chi connectivity index (χ3n) is 2.87. The second-order valence-electron chi connectivity index (χ2n) is 4.74. The summed E-state index contributed by atoms with van der Waals surface area (Å²) < 4.78 is 28.3. The number of nitrogens with one attached hydrogen (secondary N) is 1. The fourth-order valence-corrected chi connectivity index (χ4v) is 2.60. The molecule has 0 aliphatic rings. The zero-order valence-electron chi connectivity index (χ0n) is 12.3. The van der Waals surface area contributed by atoms with Crippen LogP contribution in [-0.4, -0.2) is 32.7 Å². The summed E-state index contributed by atoms with van der Waals surface area (Å²) in [5, 5.41) is 2.09. The lowest BCUT2D eigenvalue weighted by atomic mass is 10.2. The van der Waals surface area contributed by atoms with Crippen molar-refractivity contribution in [2.45, 2.75) is 36.8 Å². The van der Waals surface area contributed by atoms with Gasteiger partial charge in [0.15, 0.2) is 9.84 Å². The highest BCUT2D eigenvalue weighted by atomic mass is 32.2. The number of sulfone groups is 1. The lowest BCUT2D eigenvalue weighted by Gasteiger charge is -2.09. The van der Waals surface area contributed by atoms with Crippen LogP contribution in [0.2, 0.25) is 0 Å². The second kappa shape index (κ2) is 7.21. The van der Waals surface area contributed by atoms with Crippen LogP contribution in [0, 0.1) is 0 Å². The number of rotatable bonds is 6. The molecule has 0 aliphatic heterocycles. The van der Waals surface area contributed by atoms with Crippen LogP contribution in [0.15, 0.2) is 29.2 Å². The Bertz CT molecular complexity index is 605. The molecule has 7 heteroatoms. The molecule has 1 rings (SSSR count). The van der Waals surface area contributed by atoms with Crippen LogP contribution in [0.3, 0.4) is 0 Å². The van der Waals surface area contributed by atoms with Crippen molar-refractivity contribution in [2.24, 2.45) is 0 Å². The molecule has 1 aromatic carbocycles. The largest absolute Gasteiger partial charge is 0.469 e. The minimum absolute atomic E-state index is 0.00213. The van der Waals surface area contributed by atoms with Gasteiger partial charge in [0.2, 0.25) is 5.91 Å². The van der Waals surface area contributed by atoms with E-state index in [9.17, 15) is 18.0 Å². The van der Waals surface area contributed by atoms with Crippen LogP contribution in [0.25, 0.3) is 0 Å². The summed E-state index contributed by atoms with van der Waals surface area (Å²) in [5.41, 5.74) is 0.479. The first-order valence-electron chi connectivity index (χ1n) is 6.48. The highest BCUT2D eigenvalue weighted by Crippen LogP contribution is 2.18. The smallest absolute Gasteiger partial charge is 0.306 e. The van der Waals surface area contributed by atoms with Gasteiger partial charge in [-0.15, -0.1) is 0 Å². The summed E-state index contributed by atoms with van der Waals surface area (Å²) in [4.78, 5) is 22.7. The van der Waals surface area contributed by atoms with E-state index in [1.165, 1.54) is 31.4 Å². The van der Waals surface area contributed by atoms with E-state index in [0.29, 0.717) is 5.69 Å². The maximum atomic E-state index is 11.9. The SMILES string of the molecule is COC(=O)CCC(=O)Nc1ccc(S(=O)(=O)C(C)C)cc1. The van der Waals surface area contributed by atoms with Crippen LogP contribution in [0.5, 0.6) is 0 Å². The van der Waals surface area contributed by atoms with Gasteiger partial charge in [0.1, 0.15) is 0 Å². The maximum Gasteiger partial charge on any atom is 0.306 e. The molecule has 0 aromatic heterocycles. The zero-order chi connectivity index (χ0) is 16.0. The van der Waals surface area contributed by atoms with Crippen molar-refractivity contribution < 1.29 is 22.7 Å². The number of carbonyl (C=O) groups excluding carboxylic acids is 2. The van der Waals surface area contributed by atoms with Crippen molar-refractivity contribution in [3.63, 3.8) is 0 Å².